The van der Waals surface area contributed by atoms with Crippen molar-refractivity contribution in [1.82, 2.24) is 9.55 Å². The first-order valence-electron chi connectivity index (χ1n) is 10.9. The largest absolute Gasteiger partial charge is 0.337 e. The molecular formula is C24H26N4O4S. The molecule has 1 saturated carbocycles. The molecule has 1 heterocycles. The van der Waals surface area contributed by atoms with Gasteiger partial charge in [0.1, 0.15) is 0 Å². The highest BCUT2D eigenvalue weighted by molar-refractivity contribution is 7.92. The van der Waals surface area contributed by atoms with E-state index in [0.717, 1.165) is 12.8 Å². The van der Waals surface area contributed by atoms with E-state index in [1.165, 1.54) is 0 Å². The molecule has 4 rings (SSSR count). The summed E-state index contributed by atoms with van der Waals surface area (Å²) in [6.07, 6.45) is 8.67. The number of benzene rings is 2. The van der Waals surface area contributed by atoms with Gasteiger partial charge in [0.2, 0.25) is 5.91 Å². The lowest BCUT2D eigenvalue weighted by atomic mass is 10.1. The average molecular weight is 467 g/mol. The highest BCUT2D eigenvalue weighted by Crippen LogP contribution is 2.30. The minimum absolute atomic E-state index is 0.166. The highest BCUT2D eigenvalue weighted by atomic mass is 32.2. The molecule has 0 atom stereocenters. The van der Waals surface area contributed by atoms with Crippen molar-refractivity contribution < 1.29 is 18.0 Å². The van der Waals surface area contributed by atoms with Crippen LogP contribution in [-0.2, 0) is 21.2 Å². The molecule has 3 aromatic rings. The van der Waals surface area contributed by atoms with E-state index in [4.69, 9.17) is 0 Å². The molecular weight excluding hydrogens is 440 g/mol. The second-order valence-electron chi connectivity index (χ2n) is 8.11. The summed E-state index contributed by atoms with van der Waals surface area (Å²) in [5.41, 5.74) is 1.40. The molecule has 2 N–H and O–H groups in total. The third-order valence-corrected chi connectivity index (χ3v) is 8.02. The molecule has 0 spiro atoms. The van der Waals surface area contributed by atoms with Crippen LogP contribution >= 0.6 is 0 Å². The number of aryl methyl sites for hydroxylation is 1. The highest BCUT2D eigenvalue weighted by Gasteiger charge is 2.30. The van der Waals surface area contributed by atoms with Crippen LogP contribution in [0.4, 0.5) is 11.4 Å². The van der Waals surface area contributed by atoms with E-state index >= 15 is 0 Å². The molecule has 1 fully saturated rings. The number of carbonyl (C=O) groups is 2. The molecule has 0 saturated heterocycles. The molecule has 0 bridgehead atoms. The Balaban J connectivity index is 1.36. The van der Waals surface area contributed by atoms with Crippen LogP contribution in [0.2, 0.25) is 0 Å². The lowest BCUT2D eigenvalue weighted by Crippen LogP contribution is -2.18. The van der Waals surface area contributed by atoms with Crippen molar-refractivity contribution in [3.63, 3.8) is 0 Å². The van der Waals surface area contributed by atoms with E-state index in [0.29, 0.717) is 36.3 Å². The van der Waals surface area contributed by atoms with E-state index in [-0.39, 0.29) is 28.4 Å². The van der Waals surface area contributed by atoms with Crippen LogP contribution in [-0.4, -0.2) is 35.0 Å². The molecule has 0 radical (unpaired) electrons. The van der Waals surface area contributed by atoms with Crippen molar-refractivity contribution in [1.29, 1.82) is 0 Å². The topological polar surface area (TPSA) is 110 Å². The van der Waals surface area contributed by atoms with Crippen LogP contribution in [0.15, 0.2) is 72.1 Å². The minimum Gasteiger partial charge on any atom is -0.337 e. The zero-order valence-corrected chi connectivity index (χ0v) is 18.9. The Labute approximate surface area is 193 Å². The fourth-order valence-corrected chi connectivity index (χ4v) is 5.79. The Morgan fingerprint density at radius 2 is 1.76 bits per heavy atom. The van der Waals surface area contributed by atoms with Crippen LogP contribution in [0.5, 0.6) is 0 Å². The van der Waals surface area contributed by atoms with Crippen molar-refractivity contribution in [2.45, 2.75) is 48.8 Å². The normalized spacial score (nSPS) is 14.2. The Morgan fingerprint density at radius 1 is 1.00 bits per heavy atom. The molecule has 8 nitrogen and oxygen atoms in total. The number of imidazole rings is 1. The van der Waals surface area contributed by atoms with Crippen LogP contribution in [0.1, 0.15) is 42.5 Å². The van der Waals surface area contributed by atoms with Gasteiger partial charge >= 0.3 is 0 Å². The fourth-order valence-electron chi connectivity index (χ4n) is 3.93. The number of carbonyl (C=O) groups excluding carboxylic acids is 2. The predicted molar refractivity (Wildman–Crippen MR) is 126 cm³/mol. The van der Waals surface area contributed by atoms with Gasteiger partial charge in [-0.3, -0.25) is 9.59 Å². The maximum absolute atomic E-state index is 12.7. The van der Waals surface area contributed by atoms with E-state index < -0.39 is 9.84 Å². The van der Waals surface area contributed by atoms with Gasteiger partial charge in [-0.2, -0.15) is 0 Å². The van der Waals surface area contributed by atoms with Crippen molar-refractivity contribution in [2.75, 3.05) is 10.6 Å². The smallest absolute Gasteiger partial charge is 0.255 e. The third-order valence-electron chi connectivity index (χ3n) is 5.75. The molecule has 0 aliphatic heterocycles. The van der Waals surface area contributed by atoms with E-state index in [2.05, 4.69) is 15.6 Å². The van der Waals surface area contributed by atoms with Crippen LogP contribution < -0.4 is 10.6 Å². The maximum Gasteiger partial charge on any atom is 0.255 e. The van der Waals surface area contributed by atoms with Gasteiger partial charge in [0.05, 0.1) is 16.5 Å². The quantitative estimate of drug-likeness (QED) is 0.523. The van der Waals surface area contributed by atoms with Crippen molar-refractivity contribution in [3.05, 3.63) is 72.8 Å². The Hall–Kier alpha value is -3.46. The monoisotopic (exact) mass is 466 g/mol. The van der Waals surface area contributed by atoms with Gasteiger partial charge < -0.3 is 15.2 Å². The Morgan fingerprint density at radius 3 is 2.45 bits per heavy atom. The van der Waals surface area contributed by atoms with Gasteiger partial charge in [-0.05, 0) is 55.3 Å². The number of aromatic nitrogens is 2. The third kappa shape index (κ3) is 5.67. The van der Waals surface area contributed by atoms with Gasteiger partial charge in [-0.25, -0.2) is 13.4 Å². The van der Waals surface area contributed by atoms with Gasteiger partial charge in [0.25, 0.3) is 5.91 Å². The number of nitrogens with one attached hydrogen (secondary N) is 2. The Bertz CT molecular complexity index is 1220. The number of nitrogens with zero attached hydrogens (tertiary/aromatic N) is 2. The summed E-state index contributed by atoms with van der Waals surface area (Å²) >= 11 is 0. The summed E-state index contributed by atoms with van der Waals surface area (Å²) in [6.45, 7) is 0.512. The molecule has 0 unspecified atom stereocenters. The van der Waals surface area contributed by atoms with Gasteiger partial charge in [0.15, 0.2) is 9.84 Å². The van der Waals surface area contributed by atoms with E-state index in [1.807, 2.05) is 4.57 Å². The van der Waals surface area contributed by atoms with Crippen molar-refractivity contribution in [3.8, 4) is 0 Å². The summed E-state index contributed by atoms with van der Waals surface area (Å²) < 4.78 is 27.2. The fraction of sp³-hybridized carbons (Fsp3) is 0.292. The summed E-state index contributed by atoms with van der Waals surface area (Å²) in [5, 5.41) is 5.26. The Kier molecular flexibility index (Phi) is 6.88. The number of amides is 2. The first-order valence-corrected chi connectivity index (χ1v) is 12.5. The number of anilines is 2. The minimum atomic E-state index is -3.33. The molecule has 33 heavy (non-hydrogen) atoms. The number of hydrogen-bond acceptors (Lipinski definition) is 5. The second kappa shape index (κ2) is 9.99. The first kappa shape index (κ1) is 22.7. The number of sulfone groups is 1. The van der Waals surface area contributed by atoms with E-state index in [9.17, 15) is 18.0 Å². The van der Waals surface area contributed by atoms with Gasteiger partial charge in [-0.15, -0.1) is 0 Å². The maximum atomic E-state index is 12.7. The van der Waals surface area contributed by atoms with Gasteiger partial charge in [0, 0.05) is 42.3 Å². The molecule has 1 aliphatic rings. The molecule has 1 aromatic heterocycles. The first-order chi connectivity index (χ1) is 15.9. The summed E-state index contributed by atoms with van der Waals surface area (Å²) in [7, 11) is -3.33. The standard InChI is InChI=1S/C24H26N4O4S/c29-23(12-14-28-15-13-25-17-28)26-20-5-3-4-18(16-20)24(30)27-19-8-10-22(11-9-19)33(31,32)21-6-1-2-7-21/h3-5,8-11,13,15-17,21H,1-2,6-7,12,14H2,(H,26,29)(H,27,30). The van der Waals surface area contributed by atoms with Crippen LogP contribution in [0.25, 0.3) is 0 Å². The molecule has 2 aromatic carbocycles. The summed E-state index contributed by atoms with van der Waals surface area (Å²) in [4.78, 5) is 29.1. The van der Waals surface area contributed by atoms with Crippen LogP contribution in [0.3, 0.4) is 0 Å². The summed E-state index contributed by atoms with van der Waals surface area (Å²) in [6, 6.07) is 12.9. The lowest BCUT2D eigenvalue weighted by molar-refractivity contribution is -0.116. The van der Waals surface area contributed by atoms with E-state index in [1.54, 1.807) is 67.3 Å². The number of hydrogen-bond donors (Lipinski definition) is 2. The zero-order valence-electron chi connectivity index (χ0n) is 18.1. The van der Waals surface area contributed by atoms with Crippen LogP contribution in [0, 0.1) is 0 Å². The van der Waals surface area contributed by atoms with Crippen molar-refractivity contribution in [2.24, 2.45) is 0 Å². The second-order valence-corrected chi connectivity index (χ2v) is 10.3. The SMILES string of the molecule is O=C(CCn1ccnc1)Nc1cccc(C(=O)Nc2ccc(S(=O)(=O)C3CCCC3)cc2)c1. The van der Waals surface area contributed by atoms with Gasteiger partial charge in [-0.1, -0.05) is 18.9 Å². The summed E-state index contributed by atoms with van der Waals surface area (Å²) in [5.74, 6) is -0.517. The zero-order chi connectivity index (χ0) is 23.3. The molecule has 2 amide bonds. The molecule has 9 heteroatoms. The molecule has 1 aliphatic carbocycles. The molecule has 172 valence electrons. The number of rotatable bonds is 8. The average Bonchev–Trinajstić information content (AvgIpc) is 3.53. The van der Waals surface area contributed by atoms with Crippen molar-refractivity contribution >= 4 is 33.0 Å². The lowest BCUT2D eigenvalue weighted by Gasteiger charge is -2.12. The predicted octanol–water partition coefficient (Wildman–Crippen LogP) is 3.88.